The fourth-order valence-electron chi connectivity index (χ4n) is 2.06. The van der Waals surface area contributed by atoms with Crippen molar-refractivity contribution in [2.45, 2.75) is 37.8 Å². The number of nitrogens with one attached hydrogen (secondary N) is 1. The number of ether oxygens (including phenoxy) is 2. The van der Waals surface area contributed by atoms with Gasteiger partial charge in [0.2, 0.25) is 0 Å². The van der Waals surface area contributed by atoms with E-state index in [1.807, 2.05) is 0 Å². The molecule has 2 heterocycles. The van der Waals surface area contributed by atoms with Crippen molar-refractivity contribution in [1.82, 2.24) is 5.32 Å². The predicted octanol–water partition coefficient (Wildman–Crippen LogP) is 0.500. The smallest absolute Gasteiger partial charge is 0.161 e. The Morgan fingerprint density at radius 1 is 1.00 bits per heavy atom. The molecule has 0 radical (unpaired) electrons. The molecule has 12 heavy (non-hydrogen) atoms. The van der Waals surface area contributed by atoms with Crippen molar-refractivity contribution in [2.75, 3.05) is 13.1 Å². The SMILES string of the molecule is C1CC2OC(C3CC3)OC2CN1. The van der Waals surface area contributed by atoms with Crippen molar-refractivity contribution in [3.8, 4) is 0 Å². The lowest BCUT2D eigenvalue weighted by Crippen LogP contribution is -2.41. The molecule has 0 amide bonds. The van der Waals surface area contributed by atoms with E-state index < -0.39 is 0 Å². The quantitative estimate of drug-likeness (QED) is 0.620. The van der Waals surface area contributed by atoms with Crippen LogP contribution in [-0.2, 0) is 9.47 Å². The minimum atomic E-state index is 0.139. The zero-order valence-corrected chi connectivity index (χ0v) is 7.16. The summed E-state index contributed by atoms with van der Waals surface area (Å²) in [5.41, 5.74) is 0. The van der Waals surface area contributed by atoms with E-state index in [2.05, 4.69) is 5.32 Å². The molecule has 0 aromatic carbocycles. The van der Waals surface area contributed by atoms with Gasteiger partial charge < -0.3 is 14.8 Å². The maximum Gasteiger partial charge on any atom is 0.161 e. The maximum absolute atomic E-state index is 5.83. The van der Waals surface area contributed by atoms with Gasteiger partial charge in [0.1, 0.15) is 0 Å². The highest BCUT2D eigenvalue weighted by molar-refractivity contribution is 4.89. The Hall–Kier alpha value is -0.120. The second-order valence-electron chi connectivity index (χ2n) is 4.05. The molecule has 3 unspecified atom stereocenters. The summed E-state index contributed by atoms with van der Waals surface area (Å²) in [5.74, 6) is 0.718. The van der Waals surface area contributed by atoms with Crippen molar-refractivity contribution in [2.24, 2.45) is 5.92 Å². The molecule has 1 saturated carbocycles. The topological polar surface area (TPSA) is 30.5 Å². The van der Waals surface area contributed by atoms with Gasteiger partial charge in [0.05, 0.1) is 12.2 Å². The molecule has 1 aliphatic carbocycles. The number of fused-ring (bicyclic) bond motifs is 1. The van der Waals surface area contributed by atoms with Crippen LogP contribution in [0, 0.1) is 5.92 Å². The van der Waals surface area contributed by atoms with Gasteiger partial charge in [0.15, 0.2) is 6.29 Å². The Labute approximate surface area is 72.4 Å². The second-order valence-corrected chi connectivity index (χ2v) is 4.05. The van der Waals surface area contributed by atoms with Gasteiger partial charge in [-0.05, 0) is 25.8 Å². The summed E-state index contributed by atoms with van der Waals surface area (Å²) in [6.07, 6.45) is 4.59. The summed E-state index contributed by atoms with van der Waals surface area (Å²) < 4.78 is 11.6. The van der Waals surface area contributed by atoms with Crippen molar-refractivity contribution in [1.29, 1.82) is 0 Å². The van der Waals surface area contributed by atoms with E-state index in [-0.39, 0.29) is 6.29 Å². The molecule has 0 spiro atoms. The first-order valence-electron chi connectivity index (χ1n) is 4.95. The minimum Gasteiger partial charge on any atom is -0.346 e. The Morgan fingerprint density at radius 3 is 2.58 bits per heavy atom. The zero-order valence-electron chi connectivity index (χ0n) is 7.16. The molecule has 1 N–H and O–H groups in total. The van der Waals surface area contributed by atoms with Crippen LogP contribution in [0.5, 0.6) is 0 Å². The first-order chi connectivity index (χ1) is 5.93. The lowest BCUT2D eigenvalue weighted by Gasteiger charge is -2.22. The molecule has 2 aliphatic heterocycles. The van der Waals surface area contributed by atoms with E-state index in [4.69, 9.17) is 9.47 Å². The first kappa shape index (κ1) is 7.30. The molecule has 0 aromatic rings. The number of piperidine rings is 1. The van der Waals surface area contributed by atoms with E-state index in [0.717, 1.165) is 25.4 Å². The number of hydrogen-bond donors (Lipinski definition) is 1. The van der Waals surface area contributed by atoms with E-state index in [1.54, 1.807) is 0 Å². The summed E-state index contributed by atoms with van der Waals surface area (Å²) in [6, 6.07) is 0. The van der Waals surface area contributed by atoms with Crippen LogP contribution in [0.3, 0.4) is 0 Å². The Kier molecular flexibility index (Phi) is 1.63. The van der Waals surface area contributed by atoms with Gasteiger partial charge in [-0.1, -0.05) is 0 Å². The standard InChI is InChI=1S/C9H15NO2/c1-2-6(1)9-11-7-3-4-10-5-8(7)12-9/h6-10H,1-5H2. The summed E-state index contributed by atoms with van der Waals surface area (Å²) in [4.78, 5) is 0. The van der Waals surface area contributed by atoms with Crippen LogP contribution in [0.25, 0.3) is 0 Å². The van der Waals surface area contributed by atoms with Crippen LogP contribution in [0.15, 0.2) is 0 Å². The molecule has 3 rings (SSSR count). The summed E-state index contributed by atoms with van der Waals surface area (Å²) in [7, 11) is 0. The minimum absolute atomic E-state index is 0.139. The van der Waals surface area contributed by atoms with Crippen molar-refractivity contribution in [3.05, 3.63) is 0 Å². The first-order valence-corrected chi connectivity index (χ1v) is 4.95. The van der Waals surface area contributed by atoms with Gasteiger partial charge in [-0.15, -0.1) is 0 Å². The third kappa shape index (κ3) is 1.16. The highest BCUT2D eigenvalue weighted by atomic mass is 16.7. The molecular weight excluding hydrogens is 154 g/mol. The van der Waals surface area contributed by atoms with Crippen LogP contribution < -0.4 is 5.32 Å². The van der Waals surface area contributed by atoms with Crippen LogP contribution in [0.1, 0.15) is 19.3 Å². The maximum atomic E-state index is 5.83. The number of rotatable bonds is 1. The second kappa shape index (κ2) is 2.69. The summed E-state index contributed by atoms with van der Waals surface area (Å²) in [6.45, 7) is 2.07. The van der Waals surface area contributed by atoms with Crippen molar-refractivity contribution >= 4 is 0 Å². The normalized spacial score (nSPS) is 47.5. The largest absolute Gasteiger partial charge is 0.346 e. The highest BCUT2D eigenvalue weighted by Gasteiger charge is 2.44. The Bertz CT molecular complexity index is 167. The molecule has 3 fully saturated rings. The van der Waals surface area contributed by atoms with Gasteiger partial charge in [-0.25, -0.2) is 0 Å². The third-order valence-corrected chi connectivity index (χ3v) is 2.99. The molecule has 68 valence electrons. The molecular formula is C9H15NO2. The van der Waals surface area contributed by atoms with Gasteiger partial charge in [-0.2, -0.15) is 0 Å². The van der Waals surface area contributed by atoms with Crippen LogP contribution >= 0.6 is 0 Å². The molecule has 0 aromatic heterocycles. The van der Waals surface area contributed by atoms with E-state index in [0.29, 0.717) is 12.2 Å². The highest BCUT2D eigenvalue weighted by Crippen LogP contribution is 2.40. The van der Waals surface area contributed by atoms with Crippen LogP contribution in [-0.4, -0.2) is 31.6 Å². The lowest BCUT2D eigenvalue weighted by atomic mass is 10.1. The average molecular weight is 169 g/mol. The molecule has 3 atom stereocenters. The van der Waals surface area contributed by atoms with E-state index in [9.17, 15) is 0 Å². The van der Waals surface area contributed by atoms with Crippen molar-refractivity contribution in [3.63, 3.8) is 0 Å². The van der Waals surface area contributed by atoms with Crippen LogP contribution in [0.4, 0.5) is 0 Å². The summed E-state index contributed by atoms with van der Waals surface area (Å²) in [5, 5.41) is 3.33. The van der Waals surface area contributed by atoms with E-state index in [1.165, 1.54) is 12.8 Å². The van der Waals surface area contributed by atoms with Gasteiger partial charge in [-0.3, -0.25) is 0 Å². The monoisotopic (exact) mass is 169 g/mol. The lowest BCUT2D eigenvalue weighted by molar-refractivity contribution is -0.0784. The fourth-order valence-corrected chi connectivity index (χ4v) is 2.06. The third-order valence-electron chi connectivity index (χ3n) is 2.99. The molecule has 3 heteroatoms. The molecule has 3 nitrogen and oxygen atoms in total. The predicted molar refractivity (Wildman–Crippen MR) is 43.7 cm³/mol. The molecule has 0 bridgehead atoms. The van der Waals surface area contributed by atoms with E-state index >= 15 is 0 Å². The fraction of sp³-hybridized carbons (Fsp3) is 1.00. The zero-order chi connectivity index (χ0) is 7.97. The van der Waals surface area contributed by atoms with Gasteiger partial charge in [0.25, 0.3) is 0 Å². The van der Waals surface area contributed by atoms with Gasteiger partial charge >= 0.3 is 0 Å². The molecule has 2 saturated heterocycles. The Morgan fingerprint density at radius 2 is 1.83 bits per heavy atom. The van der Waals surface area contributed by atoms with Gasteiger partial charge in [0, 0.05) is 12.5 Å². The Balaban J connectivity index is 1.65. The van der Waals surface area contributed by atoms with Crippen LogP contribution in [0.2, 0.25) is 0 Å². The average Bonchev–Trinajstić information content (AvgIpc) is 2.85. The number of hydrogen-bond acceptors (Lipinski definition) is 3. The molecule has 3 aliphatic rings. The summed E-state index contributed by atoms with van der Waals surface area (Å²) >= 11 is 0. The van der Waals surface area contributed by atoms with Crippen molar-refractivity contribution < 1.29 is 9.47 Å².